The second-order valence-corrected chi connectivity index (χ2v) is 16.0. The van der Waals surface area contributed by atoms with Crippen LogP contribution in [-0.4, -0.2) is 38.4 Å². The zero-order valence-electron chi connectivity index (χ0n) is 32.2. The Balaban J connectivity index is 3.41. The van der Waals surface area contributed by atoms with Crippen LogP contribution < -0.4 is 0 Å². The molecule has 0 bridgehead atoms. The van der Waals surface area contributed by atoms with Crippen LogP contribution in [0.3, 0.4) is 0 Å². The first-order valence-corrected chi connectivity index (χ1v) is 21.9. The number of carbonyl (C=O) groups is 2. The first-order valence-electron chi connectivity index (χ1n) is 20.1. The molecule has 0 amide bonds. The summed E-state index contributed by atoms with van der Waals surface area (Å²) in [4.78, 5) is 22.6. The molecule has 0 unspecified atom stereocenters. The van der Waals surface area contributed by atoms with Crippen LogP contribution in [0.5, 0.6) is 0 Å². The normalized spacial score (nSPS) is 11.5. The van der Waals surface area contributed by atoms with Gasteiger partial charge in [0.1, 0.15) is 0 Å². The minimum atomic E-state index is -3.57. The molecule has 0 saturated heterocycles. The van der Waals surface area contributed by atoms with Crippen LogP contribution in [0.2, 0.25) is 0 Å². The molecular formula is C40H75O8PS. The lowest BCUT2D eigenvalue weighted by Crippen LogP contribution is -2.05. The van der Waals surface area contributed by atoms with E-state index in [-0.39, 0.29) is 11.9 Å². The summed E-state index contributed by atoms with van der Waals surface area (Å²) in [6.45, 7) is 12.3. The molecule has 0 aliphatic carbocycles. The van der Waals surface area contributed by atoms with Crippen molar-refractivity contribution in [2.45, 2.75) is 194 Å². The van der Waals surface area contributed by atoms with Gasteiger partial charge >= 0.3 is 19.8 Å². The number of hydrogen-bond acceptors (Lipinski definition) is 9. The molecule has 0 atom stereocenters. The van der Waals surface area contributed by atoms with Gasteiger partial charge in [-0.2, -0.15) is 0 Å². The van der Waals surface area contributed by atoms with Gasteiger partial charge in [0.15, 0.2) is 0 Å². The van der Waals surface area contributed by atoms with Gasteiger partial charge in [0.2, 0.25) is 0 Å². The number of hydrogen-bond donors (Lipinski definition) is 1. The van der Waals surface area contributed by atoms with Crippen molar-refractivity contribution >= 4 is 32.7 Å². The van der Waals surface area contributed by atoms with Crippen molar-refractivity contribution in [3.63, 3.8) is 0 Å². The highest BCUT2D eigenvalue weighted by molar-refractivity contribution is 7.80. The molecule has 0 N–H and O–H groups in total. The number of unbranched alkanes of at least 4 members (excludes halogenated alkanes) is 26. The number of ether oxygens (including phenoxy) is 2. The number of carbonyl (C=O) groups excluding carboxylic acids is 2. The van der Waals surface area contributed by atoms with E-state index in [1.807, 2.05) is 0 Å². The Labute approximate surface area is 312 Å². The van der Waals surface area contributed by atoms with Gasteiger partial charge in [-0.25, -0.2) is 18.1 Å². The molecule has 0 fully saturated rings. The number of thiol groups is 1. The summed E-state index contributed by atoms with van der Waals surface area (Å²) in [6.07, 6.45) is 33.2. The molecule has 0 radical (unpaired) electrons. The molecule has 8 nitrogen and oxygen atoms in total. The van der Waals surface area contributed by atoms with Crippen molar-refractivity contribution < 1.29 is 36.6 Å². The Morgan fingerprint density at radius 1 is 0.420 bits per heavy atom. The van der Waals surface area contributed by atoms with E-state index < -0.39 is 7.82 Å². The van der Waals surface area contributed by atoms with Crippen LogP contribution in [0.15, 0.2) is 24.3 Å². The van der Waals surface area contributed by atoms with Crippen molar-refractivity contribution in [1.29, 1.82) is 0 Å². The average molecular weight is 747 g/mol. The summed E-state index contributed by atoms with van der Waals surface area (Å²) in [5, 5.41) is 0. The van der Waals surface area contributed by atoms with E-state index >= 15 is 0 Å². The van der Waals surface area contributed by atoms with E-state index in [2.05, 4.69) is 26.1 Å². The second kappa shape index (κ2) is 36.2. The highest BCUT2D eigenvalue weighted by Gasteiger charge is 2.25. The zero-order valence-corrected chi connectivity index (χ0v) is 34.0. The molecule has 50 heavy (non-hydrogen) atoms. The van der Waals surface area contributed by atoms with E-state index in [9.17, 15) is 14.2 Å². The van der Waals surface area contributed by atoms with Crippen LogP contribution in [0, 0.1) is 0 Å². The van der Waals surface area contributed by atoms with Crippen LogP contribution in [0.1, 0.15) is 194 Å². The van der Waals surface area contributed by atoms with Crippen molar-refractivity contribution in [2.24, 2.45) is 0 Å². The van der Waals surface area contributed by atoms with E-state index in [4.69, 9.17) is 22.5 Å². The zero-order chi connectivity index (χ0) is 37.0. The second-order valence-electron chi connectivity index (χ2n) is 13.9. The monoisotopic (exact) mass is 746 g/mol. The SMILES string of the molecule is C=C(C)C(=O)OCCCCCCCCCCCCCCCCOP(=O)(OS)OCCCCCCCCCCCCCCCCOC(=O)C(=C)C. The quantitative estimate of drug-likeness (QED) is 0.0166. The first-order chi connectivity index (χ1) is 24.2. The van der Waals surface area contributed by atoms with Gasteiger partial charge in [0.05, 0.1) is 26.4 Å². The third-order valence-electron chi connectivity index (χ3n) is 8.84. The number of rotatable bonds is 39. The fourth-order valence-electron chi connectivity index (χ4n) is 5.66. The molecule has 0 aromatic carbocycles. The number of esters is 2. The molecule has 0 aliphatic rings. The molecule has 0 spiro atoms. The minimum absolute atomic E-state index is 0.282. The van der Waals surface area contributed by atoms with E-state index in [0.717, 1.165) is 64.2 Å². The molecule has 0 aromatic rings. The van der Waals surface area contributed by atoms with Gasteiger partial charge in [-0.15, -0.1) is 0 Å². The Morgan fingerprint density at radius 3 is 0.820 bits per heavy atom. The molecule has 0 saturated carbocycles. The summed E-state index contributed by atoms with van der Waals surface area (Å²) in [5.74, 6) is -0.564. The maximum absolute atomic E-state index is 12.6. The number of phosphoric ester groups is 1. The fourth-order valence-corrected chi connectivity index (χ4v) is 6.82. The topological polar surface area (TPSA) is 97.4 Å². The largest absolute Gasteiger partial charge is 0.485 e. The van der Waals surface area contributed by atoms with Crippen molar-refractivity contribution in [2.75, 3.05) is 26.4 Å². The molecule has 0 rings (SSSR count). The van der Waals surface area contributed by atoms with Crippen molar-refractivity contribution in [3.8, 4) is 0 Å². The van der Waals surface area contributed by atoms with Crippen molar-refractivity contribution in [1.82, 2.24) is 0 Å². The molecule has 0 aromatic heterocycles. The van der Waals surface area contributed by atoms with Gasteiger partial charge in [-0.05, 0) is 52.4 Å². The van der Waals surface area contributed by atoms with Gasteiger partial charge < -0.3 is 9.47 Å². The lowest BCUT2D eigenvalue weighted by Gasteiger charge is -2.15. The Kier molecular flexibility index (Phi) is 35.4. The summed E-state index contributed by atoms with van der Waals surface area (Å²) < 4.78 is 38.5. The maximum atomic E-state index is 12.6. The standard InChI is InChI=1S/C40H75O8PS/c1-37(2)39(41)44-33-29-25-21-17-13-9-5-7-11-15-19-23-27-31-35-46-49(43,48-50)47-36-32-28-24-20-16-12-8-6-10-14-18-22-26-30-34-45-40(42)38(3)4/h50H,1,3,5-36H2,2,4H3. The summed E-state index contributed by atoms with van der Waals surface area (Å²) in [7, 11) is -3.57. The Hall–Kier alpha value is -1.12. The molecule has 294 valence electrons. The summed E-state index contributed by atoms with van der Waals surface area (Å²) in [6, 6.07) is 0. The highest BCUT2D eigenvalue weighted by atomic mass is 32.1. The minimum Gasteiger partial charge on any atom is -0.462 e. The first kappa shape index (κ1) is 48.9. The predicted octanol–water partition coefficient (Wildman–Crippen LogP) is 13.2. The smallest absolute Gasteiger partial charge is 0.462 e. The fraction of sp³-hybridized carbons (Fsp3) is 0.850. The molecule has 0 heterocycles. The van der Waals surface area contributed by atoms with Gasteiger partial charge in [-0.1, -0.05) is 167 Å². The molecule has 0 aliphatic heterocycles. The highest BCUT2D eigenvalue weighted by Crippen LogP contribution is 2.50. The maximum Gasteiger partial charge on any atom is 0.485 e. The number of phosphoric acid groups is 1. The van der Waals surface area contributed by atoms with Crippen LogP contribution in [0.4, 0.5) is 0 Å². The van der Waals surface area contributed by atoms with Gasteiger partial charge in [-0.3, -0.25) is 9.05 Å². The van der Waals surface area contributed by atoms with E-state index in [1.165, 1.54) is 116 Å². The van der Waals surface area contributed by atoms with Crippen molar-refractivity contribution in [3.05, 3.63) is 24.3 Å². The van der Waals surface area contributed by atoms with E-state index in [0.29, 0.717) is 37.6 Å². The molecule has 10 heteroatoms. The Bertz CT molecular complexity index is 831. The lowest BCUT2D eigenvalue weighted by molar-refractivity contribution is -0.139. The molecular weight excluding hydrogens is 671 g/mol. The van der Waals surface area contributed by atoms with Gasteiger partial charge in [0.25, 0.3) is 0 Å². The van der Waals surface area contributed by atoms with E-state index in [1.54, 1.807) is 13.8 Å². The summed E-state index contributed by atoms with van der Waals surface area (Å²) in [5.41, 5.74) is 0.932. The van der Waals surface area contributed by atoms with Crippen LogP contribution >= 0.6 is 20.7 Å². The third-order valence-corrected chi connectivity index (χ3v) is 10.6. The predicted molar refractivity (Wildman–Crippen MR) is 210 cm³/mol. The third kappa shape index (κ3) is 34.0. The van der Waals surface area contributed by atoms with Crippen LogP contribution in [0.25, 0.3) is 0 Å². The average Bonchev–Trinajstić information content (AvgIpc) is 3.10. The van der Waals surface area contributed by atoms with Gasteiger partial charge in [0, 0.05) is 11.1 Å². The lowest BCUT2D eigenvalue weighted by atomic mass is 10.0. The summed E-state index contributed by atoms with van der Waals surface area (Å²) >= 11 is 3.75. The van der Waals surface area contributed by atoms with Crippen LogP contribution in [-0.2, 0) is 36.6 Å². The Morgan fingerprint density at radius 2 is 0.620 bits per heavy atom.